The maximum Gasteiger partial charge on any atom is 0.328 e. The fourth-order valence-electron chi connectivity index (χ4n) is 3.43. The van der Waals surface area contributed by atoms with Gasteiger partial charge < -0.3 is 9.64 Å². The summed E-state index contributed by atoms with van der Waals surface area (Å²) in [7, 11) is 1.36. The number of nitrogens with zero attached hydrogens (tertiary/aromatic N) is 4. The Hall–Kier alpha value is -1.92. The maximum atomic E-state index is 13.2. The number of amides is 1. The van der Waals surface area contributed by atoms with Gasteiger partial charge in [0.05, 0.1) is 12.8 Å². The number of aromatic nitrogens is 3. The Morgan fingerprint density at radius 3 is 2.58 bits per heavy atom. The number of likely N-dealkylation sites (tertiary alicyclic amines) is 1. The van der Waals surface area contributed by atoms with Crippen LogP contribution < -0.4 is 0 Å². The van der Waals surface area contributed by atoms with Gasteiger partial charge >= 0.3 is 5.97 Å². The Labute approximate surface area is 142 Å². The minimum atomic E-state index is -0.487. The standard InChI is InChI=1S/C17H26N4O3/c1-17(2,3)14(21-10-12(18-19-21)11-7-8-11)15(22)20-9-5-6-13(20)16(23)24-4/h10-11,13-14H,5-9H2,1-4H3/t13-,14+/m0/s1. The van der Waals surface area contributed by atoms with E-state index in [1.807, 2.05) is 27.0 Å². The monoisotopic (exact) mass is 334 g/mol. The molecule has 0 bridgehead atoms. The van der Waals surface area contributed by atoms with E-state index >= 15 is 0 Å². The molecule has 0 N–H and O–H groups in total. The number of hydrogen-bond donors (Lipinski definition) is 0. The Kier molecular flexibility index (Phi) is 4.36. The Morgan fingerprint density at radius 2 is 2.00 bits per heavy atom. The van der Waals surface area contributed by atoms with Crippen LogP contribution >= 0.6 is 0 Å². The van der Waals surface area contributed by atoms with Crippen LogP contribution in [-0.2, 0) is 14.3 Å². The molecule has 1 amide bonds. The molecule has 2 fully saturated rings. The zero-order chi connectivity index (χ0) is 17.5. The van der Waals surface area contributed by atoms with Crippen molar-refractivity contribution in [1.82, 2.24) is 19.9 Å². The summed E-state index contributed by atoms with van der Waals surface area (Å²) in [5, 5.41) is 8.47. The van der Waals surface area contributed by atoms with Crippen LogP contribution in [-0.4, -0.2) is 51.5 Å². The van der Waals surface area contributed by atoms with Gasteiger partial charge in [-0.25, -0.2) is 9.48 Å². The molecule has 1 saturated heterocycles. The van der Waals surface area contributed by atoms with E-state index in [0.717, 1.165) is 25.0 Å². The van der Waals surface area contributed by atoms with E-state index in [2.05, 4.69) is 10.3 Å². The summed E-state index contributed by atoms with van der Waals surface area (Å²) in [5.41, 5.74) is 0.623. The number of carbonyl (C=O) groups excluding carboxylic acids is 2. The third-order valence-corrected chi connectivity index (χ3v) is 4.85. The van der Waals surface area contributed by atoms with Crippen molar-refractivity contribution < 1.29 is 14.3 Å². The molecule has 2 atom stereocenters. The van der Waals surface area contributed by atoms with Crippen LogP contribution in [0.2, 0.25) is 0 Å². The number of rotatable bonds is 4. The van der Waals surface area contributed by atoms with Crippen LogP contribution in [0.1, 0.15) is 64.1 Å². The van der Waals surface area contributed by atoms with Gasteiger partial charge in [-0.1, -0.05) is 26.0 Å². The van der Waals surface area contributed by atoms with Crippen molar-refractivity contribution in [2.75, 3.05) is 13.7 Å². The number of ether oxygens (including phenoxy) is 1. The van der Waals surface area contributed by atoms with E-state index in [1.165, 1.54) is 7.11 Å². The molecule has 2 aliphatic rings. The molecule has 0 aromatic carbocycles. The molecule has 1 aromatic heterocycles. The summed E-state index contributed by atoms with van der Waals surface area (Å²) in [5.74, 6) is 0.0671. The van der Waals surface area contributed by atoms with Gasteiger partial charge in [0.2, 0.25) is 5.91 Å². The predicted octanol–water partition coefficient (Wildman–Crippen LogP) is 1.91. The highest BCUT2D eigenvalue weighted by atomic mass is 16.5. The maximum absolute atomic E-state index is 13.2. The van der Waals surface area contributed by atoms with Gasteiger partial charge in [-0.3, -0.25) is 4.79 Å². The van der Waals surface area contributed by atoms with Gasteiger partial charge in [-0.15, -0.1) is 5.10 Å². The lowest BCUT2D eigenvalue weighted by atomic mass is 9.85. The van der Waals surface area contributed by atoms with Crippen LogP contribution in [0, 0.1) is 5.41 Å². The zero-order valence-electron chi connectivity index (χ0n) is 14.9. The second-order valence-electron chi connectivity index (χ2n) is 7.88. The summed E-state index contributed by atoms with van der Waals surface area (Å²) in [4.78, 5) is 26.9. The molecule has 1 aliphatic heterocycles. The van der Waals surface area contributed by atoms with Crippen LogP contribution in [0.5, 0.6) is 0 Å². The summed E-state index contributed by atoms with van der Waals surface area (Å²) >= 11 is 0. The molecule has 1 saturated carbocycles. The van der Waals surface area contributed by atoms with Crippen molar-refractivity contribution in [2.24, 2.45) is 5.41 Å². The molecule has 24 heavy (non-hydrogen) atoms. The molecule has 7 nitrogen and oxygen atoms in total. The highest BCUT2D eigenvalue weighted by Crippen LogP contribution is 2.40. The Bertz CT molecular complexity index is 630. The van der Waals surface area contributed by atoms with Crippen LogP contribution in [0.25, 0.3) is 0 Å². The highest BCUT2D eigenvalue weighted by Gasteiger charge is 2.43. The average Bonchev–Trinajstić information content (AvgIpc) is 3.06. The van der Waals surface area contributed by atoms with E-state index in [-0.39, 0.29) is 17.3 Å². The smallest absolute Gasteiger partial charge is 0.328 e. The van der Waals surface area contributed by atoms with Crippen molar-refractivity contribution in [1.29, 1.82) is 0 Å². The lowest BCUT2D eigenvalue weighted by Crippen LogP contribution is -2.47. The normalized spacial score (nSPS) is 22.5. The number of carbonyl (C=O) groups is 2. The van der Waals surface area contributed by atoms with Crippen molar-refractivity contribution in [2.45, 2.75) is 64.5 Å². The average molecular weight is 334 g/mol. The molecule has 3 rings (SSSR count). The van der Waals surface area contributed by atoms with Crippen molar-refractivity contribution in [3.05, 3.63) is 11.9 Å². The summed E-state index contributed by atoms with van der Waals surface area (Å²) in [6.45, 7) is 6.61. The first-order chi connectivity index (χ1) is 11.3. The summed E-state index contributed by atoms with van der Waals surface area (Å²) in [6, 6.07) is -0.971. The number of hydrogen-bond acceptors (Lipinski definition) is 5. The topological polar surface area (TPSA) is 77.3 Å². The largest absolute Gasteiger partial charge is 0.467 e. The molecule has 0 unspecified atom stereocenters. The van der Waals surface area contributed by atoms with Crippen LogP contribution in [0.4, 0.5) is 0 Å². The second kappa shape index (κ2) is 6.18. The fraction of sp³-hybridized carbons (Fsp3) is 0.765. The van der Waals surface area contributed by atoms with Gasteiger partial charge in [-0.05, 0) is 31.1 Å². The first-order valence-corrected chi connectivity index (χ1v) is 8.63. The second-order valence-corrected chi connectivity index (χ2v) is 7.88. The minimum absolute atomic E-state index is 0.0809. The van der Waals surface area contributed by atoms with Gasteiger partial charge in [-0.2, -0.15) is 0 Å². The van der Waals surface area contributed by atoms with Crippen molar-refractivity contribution >= 4 is 11.9 Å². The first-order valence-electron chi connectivity index (χ1n) is 8.63. The quantitative estimate of drug-likeness (QED) is 0.786. The van der Waals surface area contributed by atoms with Crippen LogP contribution in [0.15, 0.2) is 6.20 Å². The fourth-order valence-corrected chi connectivity index (χ4v) is 3.43. The SMILES string of the molecule is COC(=O)[C@@H]1CCCN1C(=O)[C@@H](n1cc(C2CC2)nn1)C(C)(C)C. The molecule has 0 spiro atoms. The lowest BCUT2D eigenvalue weighted by Gasteiger charge is -2.34. The molecule has 1 aromatic rings. The third-order valence-electron chi connectivity index (χ3n) is 4.85. The Balaban J connectivity index is 1.87. The molecule has 132 valence electrons. The van der Waals surface area contributed by atoms with Gasteiger partial charge in [0, 0.05) is 18.7 Å². The minimum Gasteiger partial charge on any atom is -0.467 e. The molecule has 0 radical (unpaired) electrons. The van der Waals surface area contributed by atoms with Crippen molar-refractivity contribution in [3.63, 3.8) is 0 Å². The summed E-state index contributed by atoms with van der Waals surface area (Å²) in [6.07, 6.45) is 5.65. The van der Waals surface area contributed by atoms with E-state index in [1.54, 1.807) is 9.58 Å². The van der Waals surface area contributed by atoms with Crippen molar-refractivity contribution in [3.8, 4) is 0 Å². The molecular weight excluding hydrogens is 308 g/mol. The van der Waals surface area contributed by atoms with E-state index in [0.29, 0.717) is 18.9 Å². The van der Waals surface area contributed by atoms with Gasteiger partial charge in [0.1, 0.15) is 12.1 Å². The van der Waals surface area contributed by atoms with E-state index in [9.17, 15) is 9.59 Å². The molecular formula is C17H26N4O3. The van der Waals surface area contributed by atoms with Gasteiger partial charge in [0.25, 0.3) is 0 Å². The molecule has 2 heterocycles. The molecule has 1 aliphatic carbocycles. The van der Waals surface area contributed by atoms with E-state index < -0.39 is 12.1 Å². The predicted molar refractivity (Wildman–Crippen MR) is 87.2 cm³/mol. The highest BCUT2D eigenvalue weighted by molar-refractivity contribution is 5.87. The van der Waals surface area contributed by atoms with E-state index in [4.69, 9.17) is 4.74 Å². The molecule has 7 heteroatoms. The third kappa shape index (κ3) is 3.16. The van der Waals surface area contributed by atoms with Gasteiger partial charge in [0.15, 0.2) is 0 Å². The zero-order valence-corrected chi connectivity index (χ0v) is 14.9. The van der Waals surface area contributed by atoms with Crippen LogP contribution in [0.3, 0.4) is 0 Å². The number of methoxy groups -OCH3 is 1. The summed E-state index contributed by atoms with van der Waals surface area (Å²) < 4.78 is 6.55. The first kappa shape index (κ1) is 16.9. The Morgan fingerprint density at radius 1 is 1.29 bits per heavy atom. The lowest BCUT2D eigenvalue weighted by molar-refractivity contribution is -0.153. The number of esters is 1.